The summed E-state index contributed by atoms with van der Waals surface area (Å²) in [6, 6.07) is -0.796. The van der Waals surface area contributed by atoms with E-state index in [1.165, 1.54) is 122 Å². The van der Waals surface area contributed by atoms with Crippen molar-refractivity contribution in [2.24, 2.45) is 0 Å². The molecule has 0 bridgehead atoms. The molecule has 1 amide bonds. The normalized spacial score (nSPS) is 22.5. The first kappa shape index (κ1) is 46.0. The maximum atomic E-state index is 12.9. The molecule has 1 aliphatic heterocycles. The lowest BCUT2D eigenvalue weighted by molar-refractivity contribution is -0.302. The molecule has 1 rings (SSSR count). The number of allylic oxidation sites excluding steroid dienone is 1. The van der Waals surface area contributed by atoms with Crippen molar-refractivity contribution in [3.05, 3.63) is 12.2 Å². The smallest absolute Gasteiger partial charge is 0.220 e. The summed E-state index contributed by atoms with van der Waals surface area (Å²) in [5.74, 6) is -0.178. The molecule has 7 atom stereocenters. The molecule has 9 heteroatoms. The van der Waals surface area contributed by atoms with Gasteiger partial charge in [0, 0.05) is 6.42 Å². The van der Waals surface area contributed by atoms with Crippen molar-refractivity contribution in [1.29, 1.82) is 0 Å². The van der Waals surface area contributed by atoms with Gasteiger partial charge in [0.1, 0.15) is 24.4 Å². The van der Waals surface area contributed by atoms with Crippen LogP contribution in [0.25, 0.3) is 0 Å². The Labute approximate surface area is 299 Å². The first-order valence-corrected chi connectivity index (χ1v) is 20.4. The van der Waals surface area contributed by atoms with Gasteiger partial charge in [-0.15, -0.1) is 0 Å². The number of aliphatic hydroxyl groups excluding tert-OH is 5. The van der Waals surface area contributed by atoms with Crippen LogP contribution in [0.1, 0.15) is 181 Å². The fraction of sp³-hybridized carbons (Fsp3) is 0.925. The van der Waals surface area contributed by atoms with E-state index in [4.69, 9.17) is 9.47 Å². The van der Waals surface area contributed by atoms with Gasteiger partial charge in [-0.2, -0.15) is 0 Å². The summed E-state index contributed by atoms with van der Waals surface area (Å²) in [5.41, 5.74) is 0. The standard InChI is InChI=1S/C40H77NO8/c1-3-5-7-9-11-13-15-17-19-21-23-25-27-29-34(43)33(32-48-40-39(47)38(46)37(45)35(31-42)49-40)41-36(44)30-28-26-24-22-20-18-16-14-12-10-8-6-4-2/h27,29,33-35,37-40,42-43,45-47H,3-26,28,30-32H2,1-2H3,(H,41,44)/b29-27+/t33-,34+,35?,37+,38?,39-,40+/m0/s1. The molecule has 2 unspecified atom stereocenters. The number of hydrogen-bond acceptors (Lipinski definition) is 8. The topological polar surface area (TPSA) is 149 Å². The van der Waals surface area contributed by atoms with Crippen molar-refractivity contribution >= 4 is 5.91 Å². The van der Waals surface area contributed by atoms with Crippen LogP contribution in [0.2, 0.25) is 0 Å². The molecule has 9 nitrogen and oxygen atoms in total. The van der Waals surface area contributed by atoms with Crippen molar-refractivity contribution in [3.63, 3.8) is 0 Å². The summed E-state index contributed by atoms with van der Waals surface area (Å²) in [6.07, 6.45) is 26.7. The minimum absolute atomic E-state index is 0.178. The molecule has 0 aromatic heterocycles. The van der Waals surface area contributed by atoms with Crippen LogP contribution < -0.4 is 5.32 Å². The lowest BCUT2D eigenvalue weighted by Crippen LogP contribution is -2.60. The van der Waals surface area contributed by atoms with E-state index in [0.717, 1.165) is 38.5 Å². The molecular formula is C40H77NO8. The zero-order valence-corrected chi connectivity index (χ0v) is 31.5. The van der Waals surface area contributed by atoms with E-state index in [1.54, 1.807) is 6.08 Å². The van der Waals surface area contributed by atoms with Crippen LogP contribution in [-0.2, 0) is 14.3 Å². The van der Waals surface area contributed by atoms with Crippen LogP contribution in [0, 0.1) is 0 Å². The van der Waals surface area contributed by atoms with Gasteiger partial charge in [-0.1, -0.05) is 167 Å². The minimum Gasteiger partial charge on any atom is -0.394 e. The van der Waals surface area contributed by atoms with Crippen LogP contribution in [0.5, 0.6) is 0 Å². The summed E-state index contributed by atoms with van der Waals surface area (Å²) in [4.78, 5) is 12.9. The predicted octanol–water partition coefficient (Wildman–Crippen LogP) is 7.39. The molecule has 0 radical (unpaired) electrons. The number of rotatable bonds is 33. The third-order valence-electron chi connectivity index (χ3n) is 9.86. The molecular weight excluding hydrogens is 622 g/mol. The average molecular weight is 700 g/mol. The third-order valence-corrected chi connectivity index (χ3v) is 9.86. The summed E-state index contributed by atoms with van der Waals surface area (Å²) in [7, 11) is 0. The number of unbranched alkanes of at least 4 members (excludes halogenated alkanes) is 23. The highest BCUT2D eigenvalue weighted by Crippen LogP contribution is 2.22. The minimum atomic E-state index is -1.56. The van der Waals surface area contributed by atoms with Gasteiger partial charge in [0.25, 0.3) is 0 Å². The number of hydrogen-bond donors (Lipinski definition) is 6. The maximum Gasteiger partial charge on any atom is 0.220 e. The number of aliphatic hydroxyl groups is 5. The highest BCUT2D eigenvalue weighted by Gasteiger charge is 2.44. The Bertz CT molecular complexity index is 781. The summed E-state index contributed by atoms with van der Waals surface area (Å²) in [5, 5.41) is 53.9. The summed E-state index contributed by atoms with van der Waals surface area (Å²) < 4.78 is 11.2. The van der Waals surface area contributed by atoms with Gasteiger partial charge in [0.05, 0.1) is 25.4 Å². The van der Waals surface area contributed by atoms with Crippen LogP contribution in [0.15, 0.2) is 12.2 Å². The number of carbonyl (C=O) groups excluding carboxylic acids is 1. The molecule has 1 saturated heterocycles. The van der Waals surface area contributed by atoms with Gasteiger partial charge in [-0.25, -0.2) is 0 Å². The second-order valence-electron chi connectivity index (χ2n) is 14.4. The number of nitrogens with one attached hydrogen (secondary N) is 1. The molecule has 290 valence electrons. The fourth-order valence-corrected chi connectivity index (χ4v) is 6.51. The zero-order valence-electron chi connectivity index (χ0n) is 31.5. The zero-order chi connectivity index (χ0) is 36.0. The molecule has 1 fully saturated rings. The lowest BCUT2D eigenvalue weighted by atomic mass is 9.99. The van der Waals surface area contributed by atoms with Gasteiger partial charge >= 0.3 is 0 Å². The predicted molar refractivity (Wildman–Crippen MR) is 198 cm³/mol. The molecule has 1 heterocycles. The van der Waals surface area contributed by atoms with Gasteiger partial charge < -0.3 is 40.3 Å². The van der Waals surface area contributed by atoms with Crippen molar-refractivity contribution in [2.45, 2.75) is 224 Å². The van der Waals surface area contributed by atoms with Gasteiger partial charge in [0.15, 0.2) is 6.29 Å². The second kappa shape index (κ2) is 31.6. The third kappa shape index (κ3) is 23.2. The fourth-order valence-electron chi connectivity index (χ4n) is 6.51. The molecule has 49 heavy (non-hydrogen) atoms. The molecule has 1 aliphatic rings. The Hall–Kier alpha value is -1.07. The second-order valence-corrected chi connectivity index (χ2v) is 14.4. The molecule has 0 aromatic carbocycles. The summed E-state index contributed by atoms with van der Waals surface area (Å²) >= 11 is 0. The van der Waals surface area contributed by atoms with Gasteiger partial charge in [-0.05, 0) is 19.3 Å². The molecule has 6 N–H and O–H groups in total. The van der Waals surface area contributed by atoms with Crippen LogP contribution in [0.3, 0.4) is 0 Å². The van der Waals surface area contributed by atoms with E-state index >= 15 is 0 Å². The van der Waals surface area contributed by atoms with Crippen LogP contribution in [0.4, 0.5) is 0 Å². The van der Waals surface area contributed by atoms with Crippen molar-refractivity contribution in [2.75, 3.05) is 13.2 Å². The first-order valence-electron chi connectivity index (χ1n) is 20.4. The quantitative estimate of drug-likeness (QED) is 0.0307. The lowest BCUT2D eigenvalue weighted by Gasteiger charge is -2.40. The van der Waals surface area contributed by atoms with Crippen molar-refractivity contribution < 1.29 is 39.8 Å². The highest BCUT2D eigenvalue weighted by atomic mass is 16.7. The Morgan fingerprint density at radius 1 is 0.673 bits per heavy atom. The van der Waals surface area contributed by atoms with Crippen LogP contribution >= 0.6 is 0 Å². The molecule has 0 aromatic rings. The largest absolute Gasteiger partial charge is 0.394 e. The number of carbonyl (C=O) groups is 1. The Balaban J connectivity index is 2.43. The Morgan fingerprint density at radius 2 is 1.12 bits per heavy atom. The van der Waals surface area contributed by atoms with E-state index in [2.05, 4.69) is 19.2 Å². The van der Waals surface area contributed by atoms with E-state index in [1.807, 2.05) is 6.08 Å². The van der Waals surface area contributed by atoms with Crippen molar-refractivity contribution in [1.82, 2.24) is 5.32 Å². The van der Waals surface area contributed by atoms with Gasteiger partial charge in [0.2, 0.25) is 5.91 Å². The summed E-state index contributed by atoms with van der Waals surface area (Å²) in [6.45, 7) is 3.75. The first-order chi connectivity index (χ1) is 23.8. The Morgan fingerprint density at radius 3 is 1.59 bits per heavy atom. The van der Waals surface area contributed by atoms with Crippen LogP contribution in [-0.4, -0.2) is 87.5 Å². The SMILES string of the molecule is CCCCCCCCCCCCC/C=C/[C@@H](O)[C@H](CO[C@@H]1OC(CO)[C@@H](O)C(O)[C@@H]1O)NC(=O)CCCCCCCCCCCCCCC. The monoisotopic (exact) mass is 700 g/mol. The number of amides is 1. The van der Waals surface area contributed by atoms with Crippen molar-refractivity contribution in [3.8, 4) is 0 Å². The molecule has 0 saturated carbocycles. The van der Waals surface area contributed by atoms with E-state index in [-0.39, 0.29) is 12.5 Å². The van der Waals surface area contributed by atoms with E-state index in [9.17, 15) is 30.3 Å². The van der Waals surface area contributed by atoms with Gasteiger partial charge in [-0.3, -0.25) is 4.79 Å². The highest BCUT2D eigenvalue weighted by molar-refractivity contribution is 5.76. The average Bonchev–Trinajstić information content (AvgIpc) is 3.10. The van der Waals surface area contributed by atoms with E-state index in [0.29, 0.717) is 6.42 Å². The number of ether oxygens (including phenoxy) is 2. The maximum absolute atomic E-state index is 12.9. The molecule has 0 aliphatic carbocycles. The molecule has 0 spiro atoms. The van der Waals surface area contributed by atoms with E-state index < -0.39 is 49.5 Å². The Kier molecular flexibility index (Phi) is 29.7.